The zero-order valence-electron chi connectivity index (χ0n) is 12.2. The molecule has 0 aromatic heterocycles. The van der Waals surface area contributed by atoms with Crippen molar-refractivity contribution in [3.63, 3.8) is 0 Å². The number of hydrogen-bond acceptors (Lipinski definition) is 4. The van der Waals surface area contributed by atoms with Gasteiger partial charge in [-0.3, -0.25) is 0 Å². The van der Waals surface area contributed by atoms with Gasteiger partial charge in [0.2, 0.25) is 0 Å². The van der Waals surface area contributed by atoms with E-state index in [-0.39, 0.29) is 17.4 Å². The molecule has 1 aromatic rings. The summed E-state index contributed by atoms with van der Waals surface area (Å²) in [4.78, 5) is 12.6. The van der Waals surface area contributed by atoms with Crippen LogP contribution in [0.25, 0.3) is 0 Å². The Hall–Kier alpha value is -1.00. The first-order valence-electron chi connectivity index (χ1n) is 7.27. The van der Waals surface area contributed by atoms with Crippen LogP contribution in [-0.2, 0) is 4.79 Å². The van der Waals surface area contributed by atoms with E-state index in [1.165, 1.54) is 36.5 Å². The molecule has 1 aromatic carbocycles. The standard InChI is InChI=1S/C15H20N2O3Se2/c18-13-6-5-11(9-14(13)19)10-16-17-15(20)4-2-1-3-12-7-8-21-22-12/h5-6,9-10,12,18-19H,1-4,7-8H2,(H,17,20)/b16-10+. The van der Waals surface area contributed by atoms with Crippen LogP contribution in [0, 0.1) is 0 Å². The summed E-state index contributed by atoms with van der Waals surface area (Å²) in [5.74, 6) is -0.461. The van der Waals surface area contributed by atoms with Crippen LogP contribution in [0.4, 0.5) is 0 Å². The quantitative estimate of drug-likeness (QED) is 0.202. The molecule has 1 aliphatic heterocycles. The fourth-order valence-corrected chi connectivity index (χ4v) is 11.5. The van der Waals surface area contributed by atoms with Gasteiger partial charge in [0.25, 0.3) is 0 Å². The second kappa shape index (κ2) is 9.21. The molecule has 120 valence electrons. The van der Waals surface area contributed by atoms with Gasteiger partial charge in [-0.1, -0.05) is 0 Å². The third kappa shape index (κ3) is 6.01. The molecule has 1 atom stereocenters. The average Bonchev–Trinajstić information content (AvgIpc) is 3.01. The van der Waals surface area contributed by atoms with E-state index >= 15 is 0 Å². The van der Waals surface area contributed by atoms with Gasteiger partial charge in [0.05, 0.1) is 0 Å². The number of nitrogens with one attached hydrogen (secondary N) is 1. The minimum atomic E-state index is -0.204. The molecule has 0 aliphatic carbocycles. The Morgan fingerprint density at radius 1 is 1.36 bits per heavy atom. The Kier molecular flexibility index (Phi) is 7.26. The van der Waals surface area contributed by atoms with E-state index in [0.29, 0.717) is 12.0 Å². The van der Waals surface area contributed by atoms with Crippen LogP contribution in [0.3, 0.4) is 0 Å². The maximum atomic E-state index is 11.6. The second-order valence-corrected chi connectivity index (χ2v) is 12.9. The molecule has 1 heterocycles. The number of carbonyl (C=O) groups excluding carboxylic acids is 1. The van der Waals surface area contributed by atoms with Crippen molar-refractivity contribution in [1.29, 1.82) is 0 Å². The summed E-state index contributed by atoms with van der Waals surface area (Å²) in [5.41, 5.74) is 3.10. The third-order valence-electron chi connectivity index (χ3n) is 3.31. The van der Waals surface area contributed by atoms with Crippen LogP contribution in [0.15, 0.2) is 23.3 Å². The van der Waals surface area contributed by atoms with Gasteiger partial charge < -0.3 is 10.2 Å². The van der Waals surface area contributed by atoms with Crippen molar-refractivity contribution in [3.05, 3.63) is 23.8 Å². The number of hydrogen-bond donors (Lipinski definition) is 3. The first-order valence-corrected chi connectivity index (χ1v) is 13.8. The van der Waals surface area contributed by atoms with Crippen LogP contribution in [0.2, 0.25) is 10.1 Å². The average molecular weight is 434 g/mol. The van der Waals surface area contributed by atoms with E-state index in [1.54, 1.807) is 6.07 Å². The number of rotatable bonds is 7. The first kappa shape index (κ1) is 17.4. The molecule has 1 unspecified atom stereocenters. The number of unbranched alkanes of at least 4 members (excludes halogenated alkanes) is 1. The fourth-order valence-electron chi connectivity index (χ4n) is 2.08. The molecular formula is C15H20N2O3Se2. The summed E-state index contributed by atoms with van der Waals surface area (Å²) in [5, 5.41) is 23.9. The number of benzene rings is 1. The SMILES string of the molecule is O=C(CCCCC1CC[Se][Se]1)N/N=C/c1ccc(O)c(O)c1. The summed E-state index contributed by atoms with van der Waals surface area (Å²) >= 11 is 1.83. The van der Waals surface area contributed by atoms with E-state index in [0.717, 1.165) is 43.9 Å². The molecule has 0 saturated carbocycles. The topological polar surface area (TPSA) is 81.9 Å². The van der Waals surface area contributed by atoms with Crippen LogP contribution >= 0.6 is 0 Å². The predicted octanol–water partition coefficient (Wildman–Crippen LogP) is 2.04. The molecule has 2 rings (SSSR count). The Labute approximate surface area is 141 Å². The number of hydrazone groups is 1. The van der Waals surface area contributed by atoms with Crippen molar-refractivity contribution in [2.45, 2.75) is 42.2 Å². The summed E-state index contributed by atoms with van der Waals surface area (Å²) in [6.45, 7) is 0. The van der Waals surface area contributed by atoms with E-state index in [4.69, 9.17) is 0 Å². The van der Waals surface area contributed by atoms with Crippen LogP contribution in [0.5, 0.6) is 11.5 Å². The van der Waals surface area contributed by atoms with E-state index in [9.17, 15) is 15.0 Å². The second-order valence-electron chi connectivity index (χ2n) is 5.12. The Balaban J connectivity index is 1.62. The summed E-state index contributed by atoms with van der Waals surface area (Å²) in [7, 11) is 0. The molecule has 1 aliphatic rings. The van der Waals surface area contributed by atoms with Crippen molar-refractivity contribution in [3.8, 4) is 11.5 Å². The minimum absolute atomic E-state index is 0.0830. The van der Waals surface area contributed by atoms with Crippen molar-refractivity contribution in [2.75, 3.05) is 0 Å². The van der Waals surface area contributed by atoms with Gasteiger partial charge in [0.1, 0.15) is 0 Å². The third-order valence-corrected chi connectivity index (χ3v) is 12.3. The number of carbonyl (C=O) groups is 1. The summed E-state index contributed by atoms with van der Waals surface area (Å²) in [6, 6.07) is 4.37. The maximum absolute atomic E-state index is 11.6. The zero-order chi connectivity index (χ0) is 15.8. The number of phenolic OH excluding ortho intramolecular Hbond substituents is 2. The molecule has 1 amide bonds. The van der Waals surface area contributed by atoms with Crippen LogP contribution in [0.1, 0.15) is 37.7 Å². The van der Waals surface area contributed by atoms with Gasteiger partial charge in [-0.25, -0.2) is 0 Å². The molecule has 1 fully saturated rings. The molecule has 1 saturated heterocycles. The molecule has 5 nitrogen and oxygen atoms in total. The Morgan fingerprint density at radius 3 is 2.95 bits per heavy atom. The van der Waals surface area contributed by atoms with Gasteiger partial charge in [-0.15, -0.1) is 0 Å². The van der Waals surface area contributed by atoms with Crippen molar-refractivity contribution in [1.82, 2.24) is 5.43 Å². The van der Waals surface area contributed by atoms with Gasteiger partial charge >= 0.3 is 125 Å². The molecule has 0 bridgehead atoms. The fraction of sp³-hybridized carbons (Fsp3) is 0.467. The molecule has 0 radical (unpaired) electrons. The van der Waals surface area contributed by atoms with Crippen molar-refractivity contribution < 1.29 is 15.0 Å². The Morgan fingerprint density at radius 2 is 2.23 bits per heavy atom. The van der Waals surface area contributed by atoms with Crippen molar-refractivity contribution >= 4 is 38.4 Å². The molecule has 0 spiro atoms. The number of amides is 1. The van der Waals surface area contributed by atoms with E-state index in [1.807, 2.05) is 0 Å². The first-order chi connectivity index (χ1) is 10.6. The van der Waals surface area contributed by atoms with Crippen LogP contribution < -0.4 is 5.43 Å². The Bertz CT molecular complexity index is 532. The normalized spacial score (nSPS) is 17.9. The molecule has 22 heavy (non-hydrogen) atoms. The number of nitrogens with zero attached hydrogens (tertiary/aromatic N) is 1. The number of phenols is 2. The molecule has 7 heteroatoms. The van der Waals surface area contributed by atoms with Gasteiger partial charge in [0, 0.05) is 0 Å². The summed E-state index contributed by atoms with van der Waals surface area (Å²) < 4.78 is 0. The molecular weight excluding hydrogens is 414 g/mol. The van der Waals surface area contributed by atoms with Gasteiger partial charge in [-0.2, -0.15) is 0 Å². The number of aromatic hydroxyl groups is 2. The monoisotopic (exact) mass is 436 g/mol. The van der Waals surface area contributed by atoms with Gasteiger partial charge in [0.15, 0.2) is 5.75 Å². The van der Waals surface area contributed by atoms with Gasteiger partial charge in [-0.05, 0) is 0 Å². The summed E-state index contributed by atoms with van der Waals surface area (Å²) in [6.07, 6.45) is 6.69. The van der Waals surface area contributed by atoms with E-state index < -0.39 is 0 Å². The zero-order valence-corrected chi connectivity index (χ0v) is 15.6. The van der Waals surface area contributed by atoms with Crippen molar-refractivity contribution in [2.24, 2.45) is 5.10 Å². The molecule has 3 N–H and O–H groups in total. The van der Waals surface area contributed by atoms with E-state index in [2.05, 4.69) is 10.5 Å². The predicted molar refractivity (Wildman–Crippen MR) is 88.7 cm³/mol. The van der Waals surface area contributed by atoms with Crippen LogP contribution in [-0.4, -0.2) is 48.6 Å².